The highest BCUT2D eigenvalue weighted by Gasteiger charge is 2.34. The third kappa shape index (κ3) is 3.82. The van der Waals surface area contributed by atoms with Crippen LogP contribution in [-0.2, 0) is 9.53 Å². The van der Waals surface area contributed by atoms with Crippen LogP contribution in [0.3, 0.4) is 0 Å². The molecule has 0 aromatic heterocycles. The van der Waals surface area contributed by atoms with Crippen LogP contribution in [-0.4, -0.2) is 20.1 Å². The molecule has 0 aromatic carbocycles. The zero-order chi connectivity index (χ0) is 11.5. The van der Waals surface area contributed by atoms with E-state index in [2.05, 4.69) is 31.8 Å². The van der Waals surface area contributed by atoms with Gasteiger partial charge < -0.3 is 4.74 Å². The van der Waals surface area contributed by atoms with E-state index in [4.69, 9.17) is 4.74 Å². The molecule has 2 nitrogen and oxygen atoms in total. The zero-order valence-electron chi connectivity index (χ0n) is 10.2. The average molecular weight is 226 g/mol. The molecule has 3 heteroatoms. The first-order valence-electron chi connectivity index (χ1n) is 5.75. The van der Waals surface area contributed by atoms with E-state index < -0.39 is 8.07 Å². The Labute approximate surface area is 93.7 Å². The van der Waals surface area contributed by atoms with Crippen molar-refractivity contribution in [2.75, 3.05) is 0 Å². The lowest BCUT2D eigenvalue weighted by Gasteiger charge is -2.32. The molecular weight excluding hydrogens is 204 g/mol. The molecule has 1 rings (SSSR count). The van der Waals surface area contributed by atoms with Crippen LogP contribution >= 0.6 is 0 Å². The first-order chi connectivity index (χ1) is 6.91. The summed E-state index contributed by atoms with van der Waals surface area (Å²) >= 11 is 0. The Kier molecular flexibility index (Phi) is 4.14. The highest BCUT2D eigenvalue weighted by Crippen LogP contribution is 2.34. The van der Waals surface area contributed by atoms with E-state index in [9.17, 15) is 4.79 Å². The maximum atomic E-state index is 11.1. The highest BCUT2D eigenvalue weighted by atomic mass is 28.3. The second kappa shape index (κ2) is 4.97. The van der Waals surface area contributed by atoms with Gasteiger partial charge in [0.25, 0.3) is 0 Å². The van der Waals surface area contributed by atoms with Crippen LogP contribution in [0.1, 0.15) is 26.2 Å². The molecule has 0 spiro atoms. The van der Waals surface area contributed by atoms with Gasteiger partial charge in [-0.3, -0.25) is 4.79 Å². The Morgan fingerprint density at radius 1 is 1.40 bits per heavy atom. The number of hydrogen-bond donors (Lipinski definition) is 0. The first kappa shape index (κ1) is 12.5. The van der Waals surface area contributed by atoms with Crippen LogP contribution in [0.5, 0.6) is 0 Å². The Balaban J connectivity index is 2.79. The molecule has 0 bridgehead atoms. The first-order valence-corrected chi connectivity index (χ1v) is 9.33. The Hall–Kier alpha value is -0.573. The molecule has 1 aliphatic rings. The lowest BCUT2D eigenvalue weighted by molar-refractivity contribution is -0.146. The van der Waals surface area contributed by atoms with Crippen molar-refractivity contribution >= 4 is 14.0 Å². The van der Waals surface area contributed by atoms with Gasteiger partial charge in [0.1, 0.15) is 6.10 Å². The molecule has 2 atom stereocenters. The van der Waals surface area contributed by atoms with E-state index in [0.717, 1.165) is 19.3 Å². The van der Waals surface area contributed by atoms with E-state index in [0.29, 0.717) is 5.54 Å². The van der Waals surface area contributed by atoms with Crippen LogP contribution < -0.4 is 0 Å². The summed E-state index contributed by atoms with van der Waals surface area (Å²) in [5.74, 6) is -0.140. The molecule has 15 heavy (non-hydrogen) atoms. The van der Waals surface area contributed by atoms with Crippen molar-refractivity contribution in [3.63, 3.8) is 0 Å². The summed E-state index contributed by atoms with van der Waals surface area (Å²) in [7, 11) is -1.28. The maximum absolute atomic E-state index is 11.1. The molecule has 0 fully saturated rings. The molecule has 0 aromatic rings. The average Bonchev–Trinajstić information content (AvgIpc) is 2.27. The van der Waals surface area contributed by atoms with Gasteiger partial charge >= 0.3 is 5.97 Å². The minimum Gasteiger partial charge on any atom is -0.462 e. The van der Waals surface area contributed by atoms with E-state index >= 15 is 0 Å². The Morgan fingerprint density at radius 2 is 2.07 bits per heavy atom. The van der Waals surface area contributed by atoms with Crippen molar-refractivity contribution in [2.45, 2.75) is 57.5 Å². The minimum absolute atomic E-state index is 0.118. The van der Waals surface area contributed by atoms with Crippen LogP contribution in [0, 0.1) is 0 Å². The van der Waals surface area contributed by atoms with Crippen molar-refractivity contribution in [3.05, 3.63) is 12.2 Å². The summed E-state index contributed by atoms with van der Waals surface area (Å²) < 4.78 is 5.45. The van der Waals surface area contributed by atoms with Crippen molar-refractivity contribution in [1.29, 1.82) is 0 Å². The molecule has 1 aliphatic carbocycles. The lowest BCUT2D eigenvalue weighted by Crippen LogP contribution is -2.37. The molecule has 0 saturated heterocycles. The third-order valence-electron chi connectivity index (χ3n) is 2.92. The quantitative estimate of drug-likeness (QED) is 0.410. The molecule has 0 unspecified atom stereocenters. The number of hydrogen-bond acceptors (Lipinski definition) is 2. The van der Waals surface area contributed by atoms with Crippen molar-refractivity contribution in [1.82, 2.24) is 0 Å². The van der Waals surface area contributed by atoms with Crippen molar-refractivity contribution in [2.24, 2.45) is 0 Å². The van der Waals surface area contributed by atoms with Gasteiger partial charge in [-0.05, 0) is 19.3 Å². The standard InChI is InChI=1S/C12H22O2Si/c1-10(13)14-11-8-6-5-7-9-12(11)15(2,3)4/h7,9,11-12H,5-6,8H2,1-4H3/t11-,12-/m1/s1. The third-order valence-corrected chi connectivity index (χ3v) is 5.48. The summed E-state index contributed by atoms with van der Waals surface area (Å²) in [6.45, 7) is 8.52. The van der Waals surface area contributed by atoms with Crippen LogP contribution in [0.25, 0.3) is 0 Å². The predicted molar refractivity (Wildman–Crippen MR) is 65.6 cm³/mol. The lowest BCUT2D eigenvalue weighted by atomic mass is 10.1. The second-order valence-electron chi connectivity index (χ2n) is 5.40. The van der Waals surface area contributed by atoms with E-state index in [1.165, 1.54) is 6.92 Å². The smallest absolute Gasteiger partial charge is 0.302 e. The van der Waals surface area contributed by atoms with E-state index in [1.54, 1.807) is 0 Å². The maximum Gasteiger partial charge on any atom is 0.302 e. The van der Waals surface area contributed by atoms with Gasteiger partial charge in [0.05, 0.1) is 8.07 Å². The van der Waals surface area contributed by atoms with Gasteiger partial charge in [-0.25, -0.2) is 0 Å². The second-order valence-corrected chi connectivity index (χ2v) is 10.8. The van der Waals surface area contributed by atoms with Gasteiger partial charge in [0, 0.05) is 12.5 Å². The molecular formula is C12H22O2Si. The van der Waals surface area contributed by atoms with Crippen LogP contribution in [0.15, 0.2) is 12.2 Å². The molecule has 0 amide bonds. The molecule has 0 radical (unpaired) electrons. The normalized spacial score (nSPS) is 27.2. The van der Waals surface area contributed by atoms with E-state index in [-0.39, 0.29) is 12.1 Å². The summed E-state index contributed by atoms with van der Waals surface area (Å²) in [5.41, 5.74) is 0.476. The monoisotopic (exact) mass is 226 g/mol. The number of esters is 1. The number of ether oxygens (including phenoxy) is 1. The topological polar surface area (TPSA) is 26.3 Å². The van der Waals surface area contributed by atoms with Gasteiger partial charge in [-0.1, -0.05) is 31.8 Å². The fraction of sp³-hybridized carbons (Fsp3) is 0.750. The minimum atomic E-state index is -1.28. The number of carbonyl (C=O) groups is 1. The predicted octanol–water partition coefficient (Wildman–Crippen LogP) is 3.37. The zero-order valence-corrected chi connectivity index (χ0v) is 11.2. The fourth-order valence-electron chi connectivity index (χ4n) is 2.17. The van der Waals surface area contributed by atoms with Gasteiger partial charge in [0.2, 0.25) is 0 Å². The van der Waals surface area contributed by atoms with Crippen LogP contribution in [0.2, 0.25) is 25.2 Å². The largest absolute Gasteiger partial charge is 0.462 e. The number of carbonyl (C=O) groups excluding carboxylic acids is 1. The van der Waals surface area contributed by atoms with Crippen molar-refractivity contribution in [3.8, 4) is 0 Å². The Bertz CT molecular complexity index is 253. The molecule has 0 heterocycles. The molecule has 86 valence electrons. The summed E-state index contributed by atoms with van der Waals surface area (Å²) in [4.78, 5) is 11.1. The summed E-state index contributed by atoms with van der Waals surface area (Å²) in [6, 6.07) is 0. The number of allylic oxidation sites excluding steroid dienone is 1. The van der Waals surface area contributed by atoms with Gasteiger partial charge in [-0.2, -0.15) is 0 Å². The van der Waals surface area contributed by atoms with Gasteiger partial charge in [0.15, 0.2) is 0 Å². The molecule has 0 aliphatic heterocycles. The highest BCUT2D eigenvalue weighted by molar-refractivity contribution is 6.78. The van der Waals surface area contributed by atoms with E-state index in [1.807, 2.05) is 0 Å². The summed E-state index contributed by atoms with van der Waals surface area (Å²) in [6.07, 6.45) is 7.93. The Morgan fingerprint density at radius 3 is 2.60 bits per heavy atom. The van der Waals surface area contributed by atoms with Crippen molar-refractivity contribution < 1.29 is 9.53 Å². The molecule has 0 N–H and O–H groups in total. The fourth-order valence-corrected chi connectivity index (χ4v) is 4.24. The van der Waals surface area contributed by atoms with Crippen LogP contribution in [0.4, 0.5) is 0 Å². The SMILES string of the molecule is CC(=O)O[C@@H]1CCCC=C[C@H]1[Si](C)(C)C. The summed E-state index contributed by atoms with van der Waals surface area (Å²) in [5, 5.41) is 0. The number of rotatable bonds is 2. The molecule has 0 saturated carbocycles. The van der Waals surface area contributed by atoms with Gasteiger partial charge in [-0.15, -0.1) is 0 Å².